The van der Waals surface area contributed by atoms with Crippen molar-refractivity contribution >= 4 is 0 Å². The third-order valence-electron chi connectivity index (χ3n) is 2.85. The topological polar surface area (TPSA) is 64.6 Å². The molecule has 0 spiro atoms. The summed E-state index contributed by atoms with van der Waals surface area (Å²) in [5.41, 5.74) is 0. The van der Waals surface area contributed by atoms with E-state index in [0.717, 1.165) is 0 Å². The van der Waals surface area contributed by atoms with Gasteiger partial charge < -0.3 is 33.2 Å². The van der Waals surface area contributed by atoms with Crippen molar-refractivity contribution in [2.75, 3.05) is 79.3 Å². The van der Waals surface area contributed by atoms with Gasteiger partial charge in [-0.2, -0.15) is 0 Å². The van der Waals surface area contributed by atoms with Crippen LogP contribution in [0.3, 0.4) is 0 Å². The normalized spacial score (nSPS) is 11.8. The molecule has 0 saturated carbocycles. The van der Waals surface area contributed by atoms with Crippen LogP contribution >= 0.6 is 0 Å². The number of hydrogen-bond donors (Lipinski definition) is 0. The minimum absolute atomic E-state index is 0.248. The van der Waals surface area contributed by atoms with E-state index in [1.807, 2.05) is 27.7 Å². The first-order valence-electron chi connectivity index (χ1n) is 9.24. The van der Waals surface area contributed by atoms with Gasteiger partial charge in [-0.3, -0.25) is 0 Å². The van der Waals surface area contributed by atoms with Crippen molar-refractivity contribution in [3.8, 4) is 0 Å². The predicted molar refractivity (Wildman–Crippen MR) is 96.3 cm³/mol. The Bertz CT molecular complexity index is 226. The summed E-state index contributed by atoms with van der Waals surface area (Å²) in [7, 11) is 0. The summed E-state index contributed by atoms with van der Waals surface area (Å²) in [5, 5.41) is 0. The number of rotatable bonds is 20. The molecule has 0 aliphatic carbocycles. The van der Waals surface area contributed by atoms with E-state index in [4.69, 9.17) is 33.2 Å². The van der Waals surface area contributed by atoms with Gasteiger partial charge in [-0.15, -0.1) is 0 Å². The molecular weight excluding hydrogens is 328 g/mol. The molecule has 0 unspecified atom stereocenters. The van der Waals surface area contributed by atoms with E-state index in [1.165, 1.54) is 0 Å². The number of ether oxygens (including phenoxy) is 7. The lowest BCUT2D eigenvalue weighted by Gasteiger charge is -2.09. The van der Waals surface area contributed by atoms with Gasteiger partial charge >= 0.3 is 0 Å². The van der Waals surface area contributed by atoms with Crippen LogP contribution in [0.2, 0.25) is 0 Å². The summed E-state index contributed by atoms with van der Waals surface area (Å²) < 4.78 is 37.7. The summed E-state index contributed by atoms with van der Waals surface area (Å²) in [5.74, 6) is 0. The van der Waals surface area contributed by atoms with Crippen LogP contribution in [0, 0.1) is 0 Å². The Morgan fingerprint density at radius 3 is 0.760 bits per heavy atom. The zero-order valence-electron chi connectivity index (χ0n) is 16.5. The molecule has 0 aromatic heterocycles. The molecule has 7 heteroatoms. The second kappa shape index (κ2) is 20.0. The second-order valence-electron chi connectivity index (χ2n) is 5.90. The molecule has 0 aromatic rings. The van der Waals surface area contributed by atoms with Crippen molar-refractivity contribution in [3.63, 3.8) is 0 Å². The fourth-order valence-electron chi connectivity index (χ4n) is 1.67. The molecule has 25 heavy (non-hydrogen) atoms. The van der Waals surface area contributed by atoms with Gasteiger partial charge in [0.15, 0.2) is 0 Å². The van der Waals surface area contributed by atoms with Gasteiger partial charge in [-0.1, -0.05) is 0 Å². The third-order valence-corrected chi connectivity index (χ3v) is 2.85. The zero-order chi connectivity index (χ0) is 18.6. The quantitative estimate of drug-likeness (QED) is 0.305. The highest BCUT2D eigenvalue weighted by Crippen LogP contribution is 1.89. The van der Waals surface area contributed by atoms with Crippen molar-refractivity contribution in [1.82, 2.24) is 0 Å². The molecule has 0 aliphatic heterocycles. The fraction of sp³-hybridized carbons (Fsp3) is 1.00. The van der Waals surface area contributed by atoms with Gasteiger partial charge in [0.1, 0.15) is 0 Å². The van der Waals surface area contributed by atoms with Crippen molar-refractivity contribution in [2.24, 2.45) is 0 Å². The molecule has 7 nitrogen and oxygen atoms in total. The highest BCUT2D eigenvalue weighted by atomic mass is 16.6. The van der Waals surface area contributed by atoms with Crippen LogP contribution in [0.1, 0.15) is 27.7 Å². The maximum absolute atomic E-state index is 5.40. The van der Waals surface area contributed by atoms with Crippen LogP contribution in [0.4, 0.5) is 0 Å². The monoisotopic (exact) mass is 366 g/mol. The summed E-state index contributed by atoms with van der Waals surface area (Å²) in [6.07, 6.45) is 0.496. The minimum Gasteiger partial charge on any atom is -0.377 e. The molecule has 0 amide bonds. The lowest BCUT2D eigenvalue weighted by Crippen LogP contribution is -2.15. The summed E-state index contributed by atoms with van der Waals surface area (Å²) in [6.45, 7) is 15.0. The van der Waals surface area contributed by atoms with Crippen LogP contribution < -0.4 is 0 Å². The van der Waals surface area contributed by atoms with Crippen LogP contribution in [-0.4, -0.2) is 91.5 Å². The Morgan fingerprint density at radius 2 is 0.560 bits per heavy atom. The molecule has 0 N–H and O–H groups in total. The van der Waals surface area contributed by atoms with Crippen molar-refractivity contribution < 1.29 is 33.2 Å². The standard InChI is InChI=1S/C18H38O7/c1-17(2)24-15-13-22-11-9-20-7-5-19-6-8-21-10-12-23-14-16-25-18(3)4/h17-18H,5-16H2,1-4H3. The summed E-state index contributed by atoms with van der Waals surface area (Å²) >= 11 is 0. The van der Waals surface area contributed by atoms with Crippen LogP contribution in [0.25, 0.3) is 0 Å². The van der Waals surface area contributed by atoms with Crippen LogP contribution in [0.15, 0.2) is 0 Å². The fourth-order valence-corrected chi connectivity index (χ4v) is 1.67. The average molecular weight is 366 g/mol. The largest absolute Gasteiger partial charge is 0.377 e. The summed E-state index contributed by atoms with van der Waals surface area (Å²) in [6, 6.07) is 0. The molecule has 152 valence electrons. The molecule has 0 aromatic carbocycles. The molecule has 0 rings (SSSR count). The first-order valence-corrected chi connectivity index (χ1v) is 9.24. The molecule has 0 atom stereocenters. The molecule has 0 bridgehead atoms. The highest BCUT2D eigenvalue weighted by molar-refractivity contribution is 4.39. The summed E-state index contributed by atoms with van der Waals surface area (Å²) in [4.78, 5) is 0. The maximum atomic E-state index is 5.40. The Kier molecular flexibility index (Phi) is 19.8. The predicted octanol–water partition coefficient (Wildman–Crippen LogP) is 1.92. The van der Waals surface area contributed by atoms with Gasteiger partial charge in [0.05, 0.1) is 91.5 Å². The van der Waals surface area contributed by atoms with Gasteiger partial charge in [-0.25, -0.2) is 0 Å². The smallest absolute Gasteiger partial charge is 0.0703 e. The van der Waals surface area contributed by atoms with E-state index in [0.29, 0.717) is 79.3 Å². The lowest BCUT2D eigenvalue weighted by atomic mass is 10.5. The van der Waals surface area contributed by atoms with Gasteiger partial charge in [0.25, 0.3) is 0 Å². The minimum atomic E-state index is 0.248. The molecular formula is C18H38O7. The third kappa shape index (κ3) is 23.7. The Balaban J connectivity index is 2.98. The van der Waals surface area contributed by atoms with E-state index in [-0.39, 0.29) is 12.2 Å². The van der Waals surface area contributed by atoms with E-state index in [2.05, 4.69) is 0 Å². The average Bonchev–Trinajstić information content (AvgIpc) is 2.56. The lowest BCUT2D eigenvalue weighted by molar-refractivity contribution is -0.0260. The van der Waals surface area contributed by atoms with Crippen LogP contribution in [0.5, 0.6) is 0 Å². The van der Waals surface area contributed by atoms with Gasteiger partial charge in [-0.05, 0) is 27.7 Å². The van der Waals surface area contributed by atoms with E-state index in [1.54, 1.807) is 0 Å². The Labute approximate surface area is 153 Å². The highest BCUT2D eigenvalue weighted by Gasteiger charge is 1.96. The van der Waals surface area contributed by atoms with Crippen molar-refractivity contribution in [3.05, 3.63) is 0 Å². The Hall–Kier alpha value is -0.280. The SMILES string of the molecule is CC(C)OCCOCCOCCOCCOCCOCCOC(C)C. The molecule has 0 radical (unpaired) electrons. The Morgan fingerprint density at radius 1 is 0.360 bits per heavy atom. The zero-order valence-corrected chi connectivity index (χ0v) is 16.5. The van der Waals surface area contributed by atoms with Gasteiger partial charge in [0, 0.05) is 0 Å². The molecule has 0 heterocycles. The van der Waals surface area contributed by atoms with Crippen molar-refractivity contribution in [2.45, 2.75) is 39.9 Å². The first-order chi connectivity index (χ1) is 12.1. The van der Waals surface area contributed by atoms with Crippen LogP contribution in [-0.2, 0) is 33.2 Å². The van der Waals surface area contributed by atoms with Gasteiger partial charge in [0.2, 0.25) is 0 Å². The molecule has 0 aliphatic rings. The van der Waals surface area contributed by atoms with E-state index < -0.39 is 0 Å². The molecule has 0 saturated heterocycles. The second-order valence-corrected chi connectivity index (χ2v) is 5.90. The number of hydrogen-bond acceptors (Lipinski definition) is 7. The van der Waals surface area contributed by atoms with E-state index >= 15 is 0 Å². The van der Waals surface area contributed by atoms with E-state index in [9.17, 15) is 0 Å². The van der Waals surface area contributed by atoms with Crippen molar-refractivity contribution in [1.29, 1.82) is 0 Å². The maximum Gasteiger partial charge on any atom is 0.0703 e. The first kappa shape index (κ1) is 24.7. The molecule has 0 fully saturated rings.